The van der Waals surface area contributed by atoms with Crippen molar-refractivity contribution in [1.29, 1.82) is 0 Å². The van der Waals surface area contributed by atoms with Gasteiger partial charge < -0.3 is 4.74 Å². The van der Waals surface area contributed by atoms with Crippen molar-refractivity contribution in [3.05, 3.63) is 28.5 Å². The molecule has 0 N–H and O–H groups in total. The van der Waals surface area contributed by atoms with Crippen LogP contribution in [-0.4, -0.2) is 13.1 Å². The van der Waals surface area contributed by atoms with Crippen molar-refractivity contribution in [3.8, 4) is 0 Å². The van der Waals surface area contributed by atoms with Gasteiger partial charge in [0.25, 0.3) is 0 Å². The number of carbonyl (C=O) groups is 1. The number of esters is 1. The fraction of sp³-hybridized carbons (Fsp3) is 0.125. The van der Waals surface area contributed by atoms with E-state index in [1.165, 1.54) is 18.4 Å². The first kappa shape index (κ1) is 8.01. The molecule has 1 aromatic rings. The molecule has 0 aliphatic carbocycles. The molecule has 0 atom stereocenters. The second kappa shape index (κ2) is 3.34. The summed E-state index contributed by atoms with van der Waals surface area (Å²) < 4.78 is 4.56. The molecule has 11 heavy (non-hydrogen) atoms. The predicted octanol–water partition coefficient (Wildman–Crippen LogP) is 2.18. The fourth-order valence-electron chi connectivity index (χ4n) is 0.738. The highest BCUT2D eigenvalue weighted by Crippen LogP contribution is 2.18. The summed E-state index contributed by atoms with van der Waals surface area (Å²) in [5.41, 5.74) is 0.835. The van der Waals surface area contributed by atoms with Gasteiger partial charge in [-0.05, 0) is 17.0 Å². The lowest BCUT2D eigenvalue weighted by Gasteiger charge is -1.95. The second-order valence-corrected chi connectivity index (χ2v) is 2.82. The Kier molecular flexibility index (Phi) is 2.44. The number of rotatable bonds is 2. The number of thiophene rings is 1. The lowest BCUT2D eigenvalue weighted by Crippen LogP contribution is -1.99. The first-order chi connectivity index (χ1) is 5.29. The average molecular weight is 168 g/mol. The SMILES string of the molecule is C=Cc1ccsc1C(=O)OC. The zero-order valence-corrected chi connectivity index (χ0v) is 6.98. The molecule has 0 aliphatic heterocycles. The number of hydrogen-bond donors (Lipinski definition) is 0. The molecule has 0 amide bonds. The molecule has 3 heteroatoms. The van der Waals surface area contributed by atoms with Crippen molar-refractivity contribution >= 4 is 23.4 Å². The predicted molar refractivity (Wildman–Crippen MR) is 45.7 cm³/mol. The topological polar surface area (TPSA) is 26.3 Å². The third-order valence-electron chi connectivity index (χ3n) is 1.29. The molecule has 1 heterocycles. The summed E-state index contributed by atoms with van der Waals surface area (Å²) in [6.07, 6.45) is 1.64. The maximum absolute atomic E-state index is 11.0. The molecule has 0 saturated heterocycles. The average Bonchev–Trinajstić information content (AvgIpc) is 2.50. The minimum Gasteiger partial charge on any atom is -0.465 e. The molecular weight excluding hydrogens is 160 g/mol. The fourth-order valence-corrected chi connectivity index (χ4v) is 1.56. The molecule has 0 radical (unpaired) electrons. The lowest BCUT2D eigenvalue weighted by atomic mass is 10.2. The van der Waals surface area contributed by atoms with Gasteiger partial charge in [0, 0.05) is 0 Å². The van der Waals surface area contributed by atoms with Crippen molar-refractivity contribution in [2.24, 2.45) is 0 Å². The van der Waals surface area contributed by atoms with Crippen molar-refractivity contribution in [1.82, 2.24) is 0 Å². The van der Waals surface area contributed by atoms with E-state index in [0.29, 0.717) is 4.88 Å². The van der Waals surface area contributed by atoms with Gasteiger partial charge in [-0.3, -0.25) is 0 Å². The van der Waals surface area contributed by atoms with Crippen LogP contribution in [0.25, 0.3) is 6.08 Å². The summed E-state index contributed by atoms with van der Waals surface area (Å²) in [6, 6.07) is 1.84. The van der Waals surface area contributed by atoms with E-state index >= 15 is 0 Å². The normalized spacial score (nSPS) is 9.18. The van der Waals surface area contributed by atoms with Crippen LogP contribution in [-0.2, 0) is 4.74 Å². The number of ether oxygens (including phenoxy) is 1. The van der Waals surface area contributed by atoms with Crippen LogP contribution >= 0.6 is 11.3 Å². The van der Waals surface area contributed by atoms with Gasteiger partial charge in [-0.25, -0.2) is 4.79 Å². The Morgan fingerprint density at radius 3 is 3.09 bits per heavy atom. The summed E-state index contributed by atoms with van der Waals surface area (Å²) in [6.45, 7) is 3.58. The number of carbonyl (C=O) groups excluding carboxylic acids is 1. The number of methoxy groups -OCH3 is 1. The highest BCUT2D eigenvalue weighted by atomic mass is 32.1. The summed E-state index contributed by atoms with van der Waals surface area (Å²) in [5, 5.41) is 1.84. The third-order valence-corrected chi connectivity index (χ3v) is 2.20. The summed E-state index contributed by atoms with van der Waals surface area (Å²) >= 11 is 1.36. The van der Waals surface area contributed by atoms with Gasteiger partial charge in [-0.15, -0.1) is 11.3 Å². The highest BCUT2D eigenvalue weighted by Gasteiger charge is 2.09. The van der Waals surface area contributed by atoms with Gasteiger partial charge in [0.2, 0.25) is 0 Å². The zero-order valence-electron chi connectivity index (χ0n) is 6.16. The van der Waals surface area contributed by atoms with Gasteiger partial charge in [-0.2, -0.15) is 0 Å². The molecule has 0 saturated carbocycles. The van der Waals surface area contributed by atoms with Crippen LogP contribution in [0.5, 0.6) is 0 Å². The first-order valence-electron chi connectivity index (χ1n) is 3.08. The Balaban J connectivity index is 3.01. The first-order valence-corrected chi connectivity index (χ1v) is 3.95. The molecular formula is C8H8O2S. The molecule has 0 aliphatic rings. The third kappa shape index (κ3) is 1.49. The summed E-state index contributed by atoms with van der Waals surface area (Å²) in [4.78, 5) is 11.6. The van der Waals surface area contributed by atoms with E-state index < -0.39 is 0 Å². The maximum Gasteiger partial charge on any atom is 0.348 e. The maximum atomic E-state index is 11.0. The van der Waals surface area contributed by atoms with Crippen LogP contribution in [0, 0.1) is 0 Å². The minimum absolute atomic E-state index is 0.296. The smallest absolute Gasteiger partial charge is 0.348 e. The van der Waals surface area contributed by atoms with Crippen LogP contribution in [0.15, 0.2) is 18.0 Å². The quantitative estimate of drug-likeness (QED) is 0.633. The van der Waals surface area contributed by atoms with Gasteiger partial charge in [0.05, 0.1) is 7.11 Å². The molecule has 1 aromatic heterocycles. The summed E-state index contributed by atoms with van der Waals surface area (Å²) in [7, 11) is 1.37. The van der Waals surface area contributed by atoms with E-state index in [-0.39, 0.29) is 5.97 Å². The van der Waals surface area contributed by atoms with E-state index in [0.717, 1.165) is 5.56 Å². The Morgan fingerprint density at radius 1 is 1.82 bits per heavy atom. The van der Waals surface area contributed by atoms with Crippen LogP contribution in [0.4, 0.5) is 0 Å². The zero-order chi connectivity index (χ0) is 8.27. The second-order valence-electron chi connectivity index (χ2n) is 1.90. The molecule has 58 valence electrons. The van der Waals surface area contributed by atoms with Crippen molar-refractivity contribution in [3.63, 3.8) is 0 Å². The van der Waals surface area contributed by atoms with Crippen LogP contribution < -0.4 is 0 Å². The van der Waals surface area contributed by atoms with Crippen molar-refractivity contribution in [2.75, 3.05) is 7.11 Å². The van der Waals surface area contributed by atoms with Crippen LogP contribution in [0.3, 0.4) is 0 Å². The Labute approximate surface area is 69.1 Å². The number of hydrogen-bond acceptors (Lipinski definition) is 3. The largest absolute Gasteiger partial charge is 0.465 e. The Morgan fingerprint density at radius 2 is 2.55 bits per heavy atom. The molecule has 0 fully saturated rings. The molecule has 0 bridgehead atoms. The Bertz CT molecular complexity index is 275. The minimum atomic E-state index is -0.296. The summed E-state index contributed by atoms with van der Waals surface area (Å²) in [5.74, 6) is -0.296. The standard InChI is InChI=1S/C8H8O2S/c1-3-6-4-5-11-7(6)8(9)10-2/h3-5H,1H2,2H3. The lowest BCUT2D eigenvalue weighted by molar-refractivity contribution is 0.0606. The van der Waals surface area contributed by atoms with E-state index in [2.05, 4.69) is 11.3 Å². The van der Waals surface area contributed by atoms with Crippen LogP contribution in [0.1, 0.15) is 15.2 Å². The molecule has 0 spiro atoms. The van der Waals surface area contributed by atoms with Crippen molar-refractivity contribution in [2.45, 2.75) is 0 Å². The highest BCUT2D eigenvalue weighted by molar-refractivity contribution is 7.12. The molecule has 2 nitrogen and oxygen atoms in total. The van der Waals surface area contributed by atoms with E-state index in [9.17, 15) is 4.79 Å². The molecule has 0 unspecified atom stereocenters. The van der Waals surface area contributed by atoms with Crippen LogP contribution in [0.2, 0.25) is 0 Å². The van der Waals surface area contributed by atoms with E-state index in [4.69, 9.17) is 0 Å². The van der Waals surface area contributed by atoms with E-state index in [1.807, 2.05) is 11.4 Å². The van der Waals surface area contributed by atoms with Crippen molar-refractivity contribution < 1.29 is 9.53 Å². The van der Waals surface area contributed by atoms with Gasteiger partial charge in [0.15, 0.2) is 0 Å². The Hall–Kier alpha value is -1.09. The van der Waals surface area contributed by atoms with Gasteiger partial charge in [0.1, 0.15) is 4.88 Å². The van der Waals surface area contributed by atoms with Gasteiger partial charge >= 0.3 is 5.97 Å². The molecule has 1 rings (SSSR count). The monoisotopic (exact) mass is 168 g/mol. The van der Waals surface area contributed by atoms with Gasteiger partial charge in [-0.1, -0.05) is 12.7 Å². The van der Waals surface area contributed by atoms with E-state index in [1.54, 1.807) is 6.08 Å². The molecule has 0 aromatic carbocycles.